The van der Waals surface area contributed by atoms with E-state index < -0.39 is 6.23 Å². The Morgan fingerprint density at radius 2 is 2.10 bits per heavy atom. The smallest absolute Gasteiger partial charge is 0.310 e. The third-order valence-electron chi connectivity index (χ3n) is 4.42. The topological polar surface area (TPSA) is 86.2 Å². The minimum Gasteiger partial charge on any atom is -0.448 e. The number of halogens is 1. The number of thioether (sulfide) groups is 1. The summed E-state index contributed by atoms with van der Waals surface area (Å²) in [5.41, 5.74) is 3.08. The van der Waals surface area contributed by atoms with Gasteiger partial charge in [0.05, 0.1) is 0 Å². The molecule has 1 N–H and O–H groups in total. The van der Waals surface area contributed by atoms with Crippen molar-refractivity contribution in [2.45, 2.75) is 24.7 Å². The maximum Gasteiger partial charge on any atom is 0.310 e. The number of nitrogens with zero attached hydrogens (tertiary/aromatic N) is 3. The summed E-state index contributed by atoms with van der Waals surface area (Å²) in [5, 5.41) is 12.5. The van der Waals surface area contributed by atoms with E-state index in [9.17, 15) is 4.79 Å². The second-order valence-electron chi connectivity index (χ2n) is 6.58. The predicted molar refractivity (Wildman–Crippen MR) is 123 cm³/mol. The number of ether oxygens (including phenoxy) is 2. The van der Waals surface area contributed by atoms with E-state index in [0.717, 1.165) is 21.3 Å². The molecule has 0 saturated carbocycles. The molecular formula is C22H19BrN4O3S. The van der Waals surface area contributed by atoms with Crippen LogP contribution in [0.15, 0.2) is 64.7 Å². The van der Waals surface area contributed by atoms with Gasteiger partial charge in [-0.15, -0.1) is 16.8 Å². The molecule has 0 radical (unpaired) electrons. The fourth-order valence-corrected chi connectivity index (χ4v) is 3.80. The third kappa shape index (κ3) is 4.88. The number of carbonyl (C=O) groups excluding carboxylic acids is 1. The van der Waals surface area contributed by atoms with Crippen LogP contribution >= 0.6 is 27.7 Å². The zero-order valence-corrected chi connectivity index (χ0v) is 19.1. The lowest BCUT2D eigenvalue weighted by atomic mass is 10.1. The van der Waals surface area contributed by atoms with Gasteiger partial charge in [-0.2, -0.15) is 4.98 Å². The van der Waals surface area contributed by atoms with Crippen LogP contribution in [-0.2, 0) is 4.79 Å². The van der Waals surface area contributed by atoms with Crippen LogP contribution in [0, 0.1) is 0 Å². The van der Waals surface area contributed by atoms with Crippen molar-refractivity contribution < 1.29 is 14.3 Å². The normalized spacial score (nSPS) is 14.3. The summed E-state index contributed by atoms with van der Waals surface area (Å²) in [4.78, 5) is 16.1. The molecule has 2 aromatic carbocycles. The molecule has 7 nitrogen and oxygen atoms in total. The van der Waals surface area contributed by atoms with Crippen LogP contribution in [-0.4, -0.2) is 26.9 Å². The monoisotopic (exact) mass is 498 g/mol. The molecule has 1 aliphatic heterocycles. The number of fused-ring (bicyclic) bond motifs is 3. The van der Waals surface area contributed by atoms with E-state index in [1.165, 1.54) is 11.8 Å². The molecule has 1 aliphatic rings. The van der Waals surface area contributed by atoms with Crippen LogP contribution in [0.1, 0.15) is 25.1 Å². The molecule has 2 heterocycles. The number of esters is 1. The van der Waals surface area contributed by atoms with Crippen molar-refractivity contribution in [2.24, 2.45) is 0 Å². The number of benzene rings is 2. The van der Waals surface area contributed by atoms with Crippen molar-refractivity contribution >= 4 is 39.3 Å². The van der Waals surface area contributed by atoms with Crippen LogP contribution in [0.25, 0.3) is 11.3 Å². The summed E-state index contributed by atoms with van der Waals surface area (Å²) in [6, 6.07) is 13.0. The molecule has 0 amide bonds. The Hall–Kier alpha value is -2.91. The van der Waals surface area contributed by atoms with Crippen LogP contribution in [0.4, 0.5) is 5.69 Å². The predicted octanol–water partition coefficient (Wildman–Crippen LogP) is 5.40. The van der Waals surface area contributed by atoms with Crippen LogP contribution < -0.4 is 14.8 Å². The highest BCUT2D eigenvalue weighted by Gasteiger charge is 2.26. The second kappa shape index (κ2) is 9.49. The average molecular weight is 499 g/mol. The Labute approximate surface area is 192 Å². The van der Waals surface area contributed by atoms with Crippen LogP contribution in [0.5, 0.6) is 11.6 Å². The molecule has 4 rings (SSSR count). The molecule has 158 valence electrons. The summed E-state index contributed by atoms with van der Waals surface area (Å²) < 4.78 is 12.4. The highest BCUT2D eigenvalue weighted by molar-refractivity contribution is 9.10. The van der Waals surface area contributed by atoms with E-state index in [1.54, 1.807) is 25.1 Å². The Morgan fingerprint density at radius 1 is 1.29 bits per heavy atom. The summed E-state index contributed by atoms with van der Waals surface area (Å²) in [6.45, 7) is 5.48. The molecule has 0 bridgehead atoms. The van der Waals surface area contributed by atoms with Crippen molar-refractivity contribution in [1.82, 2.24) is 15.2 Å². The van der Waals surface area contributed by atoms with Gasteiger partial charge < -0.3 is 14.8 Å². The Bertz CT molecular complexity index is 1120. The molecule has 3 aromatic rings. The maximum absolute atomic E-state index is 11.5. The SMILES string of the molecule is C=CCSc1nnc2c(n1)OC(c1ccc(OC(=O)CC)cc1)Nc1ccc(Br)cc1-2. The van der Waals surface area contributed by atoms with E-state index in [0.29, 0.717) is 34.7 Å². The molecule has 1 aromatic heterocycles. The maximum atomic E-state index is 11.5. The zero-order chi connectivity index (χ0) is 21.8. The largest absolute Gasteiger partial charge is 0.448 e. The van der Waals surface area contributed by atoms with Crippen LogP contribution in [0.2, 0.25) is 0 Å². The minimum atomic E-state index is -0.522. The van der Waals surface area contributed by atoms with E-state index in [2.05, 4.69) is 43.0 Å². The molecule has 9 heteroatoms. The molecule has 1 atom stereocenters. The first-order valence-electron chi connectivity index (χ1n) is 9.59. The van der Waals surface area contributed by atoms with Gasteiger partial charge >= 0.3 is 5.97 Å². The van der Waals surface area contributed by atoms with Gasteiger partial charge in [-0.05, 0) is 42.5 Å². The molecule has 0 aliphatic carbocycles. The molecule has 31 heavy (non-hydrogen) atoms. The van der Waals surface area contributed by atoms with Gasteiger partial charge in [0.15, 0.2) is 11.9 Å². The molecule has 0 spiro atoms. The van der Waals surface area contributed by atoms with Crippen molar-refractivity contribution in [3.63, 3.8) is 0 Å². The van der Waals surface area contributed by atoms with Gasteiger partial charge in [-0.3, -0.25) is 4.79 Å². The van der Waals surface area contributed by atoms with Gasteiger partial charge in [-0.25, -0.2) is 0 Å². The number of carbonyl (C=O) groups is 1. The highest BCUT2D eigenvalue weighted by Crippen LogP contribution is 2.41. The van der Waals surface area contributed by atoms with Crippen LogP contribution in [0.3, 0.4) is 0 Å². The molecule has 0 saturated heterocycles. The zero-order valence-electron chi connectivity index (χ0n) is 16.7. The number of anilines is 1. The van der Waals surface area contributed by atoms with Crippen molar-refractivity contribution in [2.75, 3.05) is 11.1 Å². The summed E-state index contributed by atoms with van der Waals surface area (Å²) in [6.07, 6.45) is 1.58. The Morgan fingerprint density at radius 3 is 2.84 bits per heavy atom. The molecule has 1 unspecified atom stereocenters. The first-order chi connectivity index (χ1) is 15.1. The van der Waals surface area contributed by atoms with E-state index in [1.807, 2.05) is 30.3 Å². The van der Waals surface area contributed by atoms with Crippen molar-refractivity contribution in [3.8, 4) is 22.9 Å². The number of rotatable bonds is 6. The first-order valence-corrected chi connectivity index (χ1v) is 11.4. The quantitative estimate of drug-likeness (QED) is 0.209. The minimum absolute atomic E-state index is 0.280. The Kier molecular flexibility index (Phi) is 6.53. The number of nitrogens with one attached hydrogen (secondary N) is 1. The third-order valence-corrected chi connectivity index (χ3v) is 5.75. The number of hydrogen-bond donors (Lipinski definition) is 1. The van der Waals surface area contributed by atoms with E-state index in [-0.39, 0.29) is 5.97 Å². The van der Waals surface area contributed by atoms with E-state index in [4.69, 9.17) is 9.47 Å². The summed E-state index contributed by atoms with van der Waals surface area (Å²) in [7, 11) is 0. The lowest BCUT2D eigenvalue weighted by Gasteiger charge is -2.19. The fraction of sp³-hybridized carbons (Fsp3) is 0.182. The lowest BCUT2D eigenvalue weighted by Crippen LogP contribution is -2.17. The standard InChI is InChI=1S/C22H19BrN4O3S/c1-3-11-31-22-25-21-19(26-27-22)16-12-14(23)7-10-17(16)24-20(30-21)13-5-8-15(9-6-13)29-18(28)4-2/h3,5-10,12,20,24H,1,4,11H2,2H3. The van der Waals surface area contributed by atoms with E-state index >= 15 is 0 Å². The average Bonchev–Trinajstić information content (AvgIpc) is 2.94. The fourth-order valence-electron chi connectivity index (χ4n) is 2.93. The number of hydrogen-bond acceptors (Lipinski definition) is 8. The van der Waals surface area contributed by atoms with Gasteiger partial charge in [-0.1, -0.05) is 40.7 Å². The lowest BCUT2D eigenvalue weighted by molar-refractivity contribution is -0.134. The summed E-state index contributed by atoms with van der Waals surface area (Å²) in [5.74, 6) is 1.26. The van der Waals surface area contributed by atoms with Gasteiger partial charge in [0.1, 0.15) is 5.75 Å². The second-order valence-corrected chi connectivity index (χ2v) is 8.48. The van der Waals surface area contributed by atoms with Gasteiger partial charge in [0, 0.05) is 33.5 Å². The summed E-state index contributed by atoms with van der Waals surface area (Å²) >= 11 is 4.95. The first kappa shape index (κ1) is 21.3. The molecular weight excluding hydrogens is 480 g/mol. The van der Waals surface area contributed by atoms with Gasteiger partial charge in [0.2, 0.25) is 11.0 Å². The van der Waals surface area contributed by atoms with Crippen molar-refractivity contribution in [3.05, 3.63) is 65.2 Å². The van der Waals surface area contributed by atoms with Crippen molar-refractivity contribution in [1.29, 1.82) is 0 Å². The highest BCUT2D eigenvalue weighted by atomic mass is 79.9. The van der Waals surface area contributed by atoms with Gasteiger partial charge in [0.25, 0.3) is 0 Å². The number of aromatic nitrogens is 3. The Balaban J connectivity index is 1.71. The molecule has 0 fully saturated rings.